The standard InChI is InChI=1S/C23H22N4O2/c1-14-9-10-24-23(29)20-11-15-7-8-16(12-19(15)27(14)20)21(28)13-22-25-17-5-3-4-6-18(17)26(22)2/h3-8,11-12,14H,9-10,13H2,1-2H3,(H,24,29). The number of nitrogens with zero attached hydrogens (tertiary/aromatic N) is 3. The van der Waals surface area contributed by atoms with Crippen LogP contribution >= 0.6 is 0 Å². The van der Waals surface area contributed by atoms with Gasteiger partial charge in [-0.1, -0.05) is 24.3 Å². The monoisotopic (exact) mass is 386 g/mol. The molecule has 1 N–H and O–H groups in total. The van der Waals surface area contributed by atoms with E-state index in [1.54, 1.807) is 0 Å². The van der Waals surface area contributed by atoms with Crippen LogP contribution in [-0.2, 0) is 13.5 Å². The summed E-state index contributed by atoms with van der Waals surface area (Å²) in [6, 6.07) is 15.7. The summed E-state index contributed by atoms with van der Waals surface area (Å²) in [5, 5.41) is 3.92. The molecule has 0 spiro atoms. The quantitative estimate of drug-likeness (QED) is 0.547. The maximum Gasteiger partial charge on any atom is 0.267 e. The Morgan fingerprint density at radius 1 is 1.17 bits per heavy atom. The van der Waals surface area contributed by atoms with E-state index in [1.165, 1.54) is 0 Å². The minimum Gasteiger partial charge on any atom is -0.351 e. The van der Waals surface area contributed by atoms with E-state index in [4.69, 9.17) is 0 Å². The lowest BCUT2D eigenvalue weighted by atomic mass is 10.1. The van der Waals surface area contributed by atoms with Crippen molar-refractivity contribution in [2.24, 2.45) is 7.05 Å². The molecule has 1 aliphatic heterocycles. The van der Waals surface area contributed by atoms with Gasteiger partial charge in [0.1, 0.15) is 11.5 Å². The van der Waals surface area contributed by atoms with Crippen molar-refractivity contribution >= 4 is 33.6 Å². The Morgan fingerprint density at radius 3 is 2.83 bits per heavy atom. The van der Waals surface area contributed by atoms with E-state index in [-0.39, 0.29) is 24.2 Å². The highest BCUT2D eigenvalue weighted by Crippen LogP contribution is 2.28. The van der Waals surface area contributed by atoms with Crippen LogP contribution in [0.25, 0.3) is 21.9 Å². The molecule has 0 bridgehead atoms. The lowest BCUT2D eigenvalue weighted by Gasteiger charge is -2.14. The predicted molar refractivity (Wildman–Crippen MR) is 112 cm³/mol. The van der Waals surface area contributed by atoms with Crippen molar-refractivity contribution in [3.63, 3.8) is 0 Å². The second kappa shape index (κ2) is 6.58. The first-order chi connectivity index (χ1) is 14.0. The molecule has 29 heavy (non-hydrogen) atoms. The number of amides is 1. The Balaban J connectivity index is 1.53. The van der Waals surface area contributed by atoms with Crippen LogP contribution in [0.4, 0.5) is 0 Å². The van der Waals surface area contributed by atoms with Gasteiger partial charge in [0.05, 0.1) is 17.5 Å². The van der Waals surface area contributed by atoms with E-state index in [9.17, 15) is 9.59 Å². The molecule has 3 heterocycles. The zero-order valence-electron chi connectivity index (χ0n) is 16.5. The van der Waals surface area contributed by atoms with E-state index in [0.717, 1.165) is 34.2 Å². The fraction of sp³-hybridized carbons (Fsp3) is 0.261. The molecular weight excluding hydrogens is 364 g/mol. The van der Waals surface area contributed by atoms with Crippen molar-refractivity contribution in [3.8, 4) is 0 Å². The number of ketones is 1. The molecule has 6 nitrogen and oxygen atoms in total. The Morgan fingerprint density at radius 2 is 2.00 bits per heavy atom. The molecule has 2 aromatic heterocycles. The van der Waals surface area contributed by atoms with Crippen molar-refractivity contribution in [3.05, 3.63) is 65.6 Å². The Bertz CT molecular complexity index is 1280. The van der Waals surface area contributed by atoms with Gasteiger partial charge in [-0.2, -0.15) is 0 Å². The molecular formula is C23H22N4O2. The normalized spacial score (nSPS) is 16.6. The summed E-state index contributed by atoms with van der Waals surface area (Å²) < 4.78 is 4.03. The number of Topliss-reactive ketones (excluding diaryl/α,β-unsaturated/α-hetero) is 1. The highest BCUT2D eigenvalue weighted by Gasteiger charge is 2.23. The van der Waals surface area contributed by atoms with Crippen molar-refractivity contribution in [2.75, 3.05) is 6.54 Å². The predicted octanol–water partition coefficient (Wildman–Crippen LogP) is 3.65. The zero-order chi connectivity index (χ0) is 20.1. The first kappa shape index (κ1) is 17.7. The summed E-state index contributed by atoms with van der Waals surface area (Å²) in [6.07, 6.45) is 1.10. The van der Waals surface area contributed by atoms with Gasteiger partial charge in [0.2, 0.25) is 0 Å². The number of imidazole rings is 1. The Hall–Kier alpha value is -3.41. The fourth-order valence-corrected chi connectivity index (χ4v) is 4.26. The van der Waals surface area contributed by atoms with Gasteiger partial charge in [0.15, 0.2) is 5.78 Å². The third-order valence-corrected chi connectivity index (χ3v) is 5.88. The van der Waals surface area contributed by atoms with E-state index in [1.807, 2.05) is 60.1 Å². The van der Waals surface area contributed by atoms with Crippen molar-refractivity contribution in [1.29, 1.82) is 0 Å². The van der Waals surface area contributed by atoms with Crippen molar-refractivity contribution < 1.29 is 9.59 Å². The van der Waals surface area contributed by atoms with Gasteiger partial charge in [-0.25, -0.2) is 4.98 Å². The molecule has 146 valence electrons. The average molecular weight is 386 g/mol. The van der Waals surface area contributed by atoms with Gasteiger partial charge in [-0.05, 0) is 37.6 Å². The lowest BCUT2D eigenvalue weighted by molar-refractivity contribution is 0.0950. The number of aromatic nitrogens is 3. The van der Waals surface area contributed by atoms with Crippen LogP contribution < -0.4 is 5.32 Å². The largest absolute Gasteiger partial charge is 0.351 e. The van der Waals surface area contributed by atoms with Crippen molar-refractivity contribution in [2.45, 2.75) is 25.8 Å². The van der Waals surface area contributed by atoms with Gasteiger partial charge in [0, 0.05) is 36.1 Å². The highest BCUT2D eigenvalue weighted by atomic mass is 16.2. The molecule has 1 atom stereocenters. The molecule has 2 aromatic carbocycles. The summed E-state index contributed by atoms with van der Waals surface area (Å²) in [5.74, 6) is 0.711. The molecule has 0 saturated carbocycles. The molecule has 6 heteroatoms. The van der Waals surface area contributed by atoms with E-state index in [2.05, 4.69) is 21.8 Å². The molecule has 0 fully saturated rings. The fourth-order valence-electron chi connectivity index (χ4n) is 4.26. The van der Waals surface area contributed by atoms with E-state index >= 15 is 0 Å². The van der Waals surface area contributed by atoms with E-state index < -0.39 is 0 Å². The first-order valence-electron chi connectivity index (χ1n) is 9.89. The summed E-state index contributed by atoms with van der Waals surface area (Å²) in [5.41, 5.74) is 4.14. The van der Waals surface area contributed by atoms with Crippen LogP contribution in [0.1, 0.15) is 46.1 Å². The number of fused-ring (bicyclic) bond motifs is 4. The minimum absolute atomic E-state index is 0.0200. The molecule has 0 saturated heterocycles. The number of aryl methyl sites for hydroxylation is 1. The molecule has 1 aliphatic rings. The SMILES string of the molecule is CC1CCNC(=O)c2cc3ccc(C(=O)Cc4nc5ccccc5n4C)cc3n21. The third-order valence-electron chi connectivity index (χ3n) is 5.88. The van der Waals surface area contributed by atoms with Crippen LogP contribution in [0.15, 0.2) is 48.5 Å². The molecule has 0 aliphatic carbocycles. The molecule has 1 amide bonds. The number of benzene rings is 2. The van der Waals surface area contributed by atoms with Crippen LogP contribution in [0.3, 0.4) is 0 Å². The maximum atomic E-state index is 13.0. The summed E-state index contributed by atoms with van der Waals surface area (Å²) in [4.78, 5) is 30.1. The van der Waals surface area contributed by atoms with Gasteiger partial charge >= 0.3 is 0 Å². The lowest BCUT2D eigenvalue weighted by Crippen LogP contribution is -2.22. The summed E-state index contributed by atoms with van der Waals surface area (Å²) >= 11 is 0. The smallest absolute Gasteiger partial charge is 0.267 e. The molecule has 1 unspecified atom stereocenters. The number of rotatable bonds is 3. The second-order valence-corrected chi connectivity index (χ2v) is 7.74. The summed E-state index contributed by atoms with van der Waals surface area (Å²) in [6.45, 7) is 2.77. The number of para-hydroxylation sites is 2. The number of hydrogen-bond donors (Lipinski definition) is 1. The Labute approximate surface area is 168 Å². The molecule has 5 rings (SSSR count). The van der Waals surface area contributed by atoms with Crippen LogP contribution in [0, 0.1) is 0 Å². The maximum absolute atomic E-state index is 13.0. The molecule has 0 radical (unpaired) electrons. The number of carbonyl (C=O) groups is 2. The van der Waals surface area contributed by atoms with Crippen LogP contribution in [0.5, 0.6) is 0 Å². The number of carbonyl (C=O) groups excluding carboxylic acids is 2. The number of hydrogen-bond acceptors (Lipinski definition) is 3. The second-order valence-electron chi connectivity index (χ2n) is 7.74. The van der Waals surface area contributed by atoms with Gasteiger partial charge in [-0.3, -0.25) is 9.59 Å². The minimum atomic E-state index is -0.0573. The third kappa shape index (κ3) is 2.83. The van der Waals surface area contributed by atoms with Crippen molar-refractivity contribution in [1.82, 2.24) is 19.4 Å². The Kier molecular flexibility index (Phi) is 4.01. The van der Waals surface area contributed by atoms with Gasteiger partial charge in [0.25, 0.3) is 5.91 Å². The average Bonchev–Trinajstić information content (AvgIpc) is 3.21. The van der Waals surface area contributed by atoms with E-state index in [0.29, 0.717) is 17.8 Å². The topological polar surface area (TPSA) is 68.9 Å². The van der Waals surface area contributed by atoms with Gasteiger partial charge < -0.3 is 14.5 Å². The molecule has 4 aromatic rings. The van der Waals surface area contributed by atoms with Crippen LogP contribution in [0.2, 0.25) is 0 Å². The van der Waals surface area contributed by atoms with Gasteiger partial charge in [-0.15, -0.1) is 0 Å². The number of nitrogens with one attached hydrogen (secondary N) is 1. The van der Waals surface area contributed by atoms with Crippen LogP contribution in [-0.4, -0.2) is 32.4 Å². The zero-order valence-corrected chi connectivity index (χ0v) is 16.5. The highest BCUT2D eigenvalue weighted by molar-refractivity contribution is 6.03. The first-order valence-corrected chi connectivity index (χ1v) is 9.89. The summed E-state index contributed by atoms with van der Waals surface area (Å²) in [7, 11) is 1.94.